The van der Waals surface area contributed by atoms with Gasteiger partial charge in [-0.3, -0.25) is 9.59 Å². The van der Waals surface area contributed by atoms with Gasteiger partial charge in [0, 0.05) is 23.8 Å². The molecule has 2 heterocycles. The number of anilines is 2. The van der Waals surface area contributed by atoms with Crippen molar-refractivity contribution in [3.05, 3.63) is 59.1 Å². The summed E-state index contributed by atoms with van der Waals surface area (Å²) in [6.07, 6.45) is 0. The van der Waals surface area contributed by atoms with Gasteiger partial charge in [0.05, 0.1) is 17.8 Å². The van der Waals surface area contributed by atoms with Crippen molar-refractivity contribution in [2.45, 2.75) is 6.04 Å². The molecule has 7 nitrogen and oxygen atoms in total. The molecule has 1 saturated heterocycles. The van der Waals surface area contributed by atoms with Crippen LogP contribution in [0.1, 0.15) is 10.4 Å². The fourth-order valence-corrected chi connectivity index (χ4v) is 3.51. The highest BCUT2D eigenvalue weighted by Crippen LogP contribution is 2.28. The number of rotatable bonds is 1. The van der Waals surface area contributed by atoms with Crippen LogP contribution in [0.3, 0.4) is 0 Å². The first-order chi connectivity index (χ1) is 13.0. The first kappa shape index (κ1) is 17.4. The highest BCUT2D eigenvalue weighted by Gasteiger charge is 2.40. The maximum atomic E-state index is 12.9. The summed E-state index contributed by atoms with van der Waals surface area (Å²) in [5.74, 6) is -0.574. The minimum absolute atomic E-state index is 0.123. The number of carbonyl (C=O) groups is 3. The van der Waals surface area contributed by atoms with Gasteiger partial charge in [0.25, 0.3) is 5.91 Å². The SMILES string of the molecule is O=C1Nc2cc(Cl)ccc2C(=O)N2CCN(C(=O)Nc3ccccc3)C[C@@H]12. The molecule has 0 radical (unpaired) electrons. The van der Waals surface area contributed by atoms with Crippen LogP contribution in [-0.2, 0) is 4.79 Å². The lowest BCUT2D eigenvalue weighted by Gasteiger charge is -2.39. The summed E-state index contributed by atoms with van der Waals surface area (Å²) < 4.78 is 0. The predicted molar refractivity (Wildman–Crippen MR) is 102 cm³/mol. The summed E-state index contributed by atoms with van der Waals surface area (Å²) in [6, 6.07) is 12.8. The second-order valence-corrected chi connectivity index (χ2v) is 6.87. The van der Waals surface area contributed by atoms with Crippen LogP contribution in [0.5, 0.6) is 0 Å². The van der Waals surface area contributed by atoms with Crippen molar-refractivity contribution in [3.63, 3.8) is 0 Å². The molecular weight excluding hydrogens is 368 g/mol. The smallest absolute Gasteiger partial charge is 0.321 e. The minimum atomic E-state index is -0.751. The van der Waals surface area contributed by atoms with Crippen molar-refractivity contribution < 1.29 is 14.4 Å². The Morgan fingerprint density at radius 3 is 2.67 bits per heavy atom. The summed E-state index contributed by atoms with van der Waals surface area (Å²) in [4.78, 5) is 41.2. The lowest BCUT2D eigenvalue weighted by molar-refractivity contribution is -0.121. The molecule has 2 aliphatic rings. The number of hydrogen-bond acceptors (Lipinski definition) is 3. The molecule has 0 bridgehead atoms. The number of amides is 4. The van der Waals surface area contributed by atoms with E-state index in [0.717, 1.165) is 0 Å². The number of fused-ring (bicyclic) bond motifs is 2. The maximum absolute atomic E-state index is 12.9. The molecule has 0 saturated carbocycles. The van der Waals surface area contributed by atoms with E-state index in [1.807, 2.05) is 18.2 Å². The van der Waals surface area contributed by atoms with Crippen LogP contribution in [-0.4, -0.2) is 53.3 Å². The average molecular weight is 385 g/mol. The Labute approximate surface area is 160 Å². The summed E-state index contributed by atoms with van der Waals surface area (Å²) in [5.41, 5.74) is 1.47. The second-order valence-electron chi connectivity index (χ2n) is 6.44. The topological polar surface area (TPSA) is 81.8 Å². The normalized spacial score (nSPS) is 18.9. The molecule has 0 unspecified atom stereocenters. The third-order valence-electron chi connectivity index (χ3n) is 4.73. The van der Waals surface area contributed by atoms with E-state index in [4.69, 9.17) is 11.6 Å². The van der Waals surface area contributed by atoms with Gasteiger partial charge in [-0.05, 0) is 30.3 Å². The van der Waals surface area contributed by atoms with Crippen molar-refractivity contribution in [2.75, 3.05) is 30.3 Å². The predicted octanol–water partition coefficient (Wildman–Crippen LogP) is 2.65. The molecule has 4 amide bonds. The van der Waals surface area contributed by atoms with Crippen LogP contribution in [0, 0.1) is 0 Å². The highest BCUT2D eigenvalue weighted by molar-refractivity contribution is 6.31. The molecular formula is C19H17ClN4O3. The zero-order valence-corrected chi connectivity index (χ0v) is 15.1. The van der Waals surface area contributed by atoms with Gasteiger partial charge in [-0.15, -0.1) is 0 Å². The van der Waals surface area contributed by atoms with Crippen molar-refractivity contribution in [2.24, 2.45) is 0 Å². The van der Waals surface area contributed by atoms with Crippen molar-refractivity contribution in [3.8, 4) is 0 Å². The Morgan fingerprint density at radius 1 is 1.11 bits per heavy atom. The first-order valence-electron chi connectivity index (χ1n) is 8.55. The van der Waals surface area contributed by atoms with E-state index in [1.54, 1.807) is 35.2 Å². The fraction of sp³-hybridized carbons (Fsp3) is 0.211. The standard InChI is InChI=1S/C19H17ClN4O3/c20-12-6-7-14-15(10-12)22-17(25)16-11-23(8-9-24(16)18(14)26)19(27)21-13-4-2-1-3-5-13/h1-7,10,16H,8-9,11H2,(H,21,27)(H,22,25)/t16-/m0/s1. The van der Waals surface area contributed by atoms with E-state index < -0.39 is 6.04 Å². The fourth-order valence-electron chi connectivity index (χ4n) is 3.34. The van der Waals surface area contributed by atoms with Gasteiger partial charge in [0.2, 0.25) is 5.91 Å². The van der Waals surface area contributed by atoms with Gasteiger partial charge in [-0.1, -0.05) is 29.8 Å². The number of urea groups is 1. The number of para-hydroxylation sites is 1. The molecule has 27 heavy (non-hydrogen) atoms. The van der Waals surface area contributed by atoms with Crippen molar-refractivity contribution >= 4 is 40.8 Å². The molecule has 4 rings (SSSR count). The van der Waals surface area contributed by atoms with Gasteiger partial charge in [0.15, 0.2) is 0 Å². The van der Waals surface area contributed by atoms with E-state index >= 15 is 0 Å². The Bertz CT molecular complexity index is 918. The first-order valence-corrected chi connectivity index (χ1v) is 8.93. The lowest BCUT2D eigenvalue weighted by atomic mass is 10.1. The monoisotopic (exact) mass is 384 g/mol. The number of carbonyl (C=O) groups excluding carboxylic acids is 3. The molecule has 1 atom stereocenters. The number of benzene rings is 2. The number of piperazine rings is 1. The zero-order valence-electron chi connectivity index (χ0n) is 14.3. The summed E-state index contributed by atoms with van der Waals surface area (Å²) >= 11 is 5.98. The van der Waals surface area contributed by atoms with Crippen molar-refractivity contribution in [1.82, 2.24) is 9.80 Å². The average Bonchev–Trinajstić information content (AvgIpc) is 2.77. The molecule has 0 spiro atoms. The molecule has 2 aliphatic heterocycles. The van der Waals surface area contributed by atoms with E-state index in [2.05, 4.69) is 10.6 Å². The largest absolute Gasteiger partial charge is 0.323 e. The molecule has 138 valence electrons. The molecule has 2 N–H and O–H groups in total. The Balaban J connectivity index is 1.54. The second kappa shape index (κ2) is 6.92. The third-order valence-corrected chi connectivity index (χ3v) is 4.96. The van der Waals surface area contributed by atoms with Crippen LogP contribution in [0.15, 0.2) is 48.5 Å². The summed E-state index contributed by atoms with van der Waals surface area (Å²) in [5, 5.41) is 6.00. The van der Waals surface area contributed by atoms with Crippen LogP contribution < -0.4 is 10.6 Å². The van der Waals surface area contributed by atoms with Gasteiger partial charge in [-0.2, -0.15) is 0 Å². The number of nitrogens with one attached hydrogen (secondary N) is 2. The molecule has 1 fully saturated rings. The molecule has 2 aromatic rings. The summed E-state index contributed by atoms with van der Waals surface area (Å²) in [7, 11) is 0. The van der Waals surface area contributed by atoms with Crippen LogP contribution >= 0.6 is 11.6 Å². The lowest BCUT2D eigenvalue weighted by Crippen LogP contribution is -2.60. The van der Waals surface area contributed by atoms with Crippen molar-refractivity contribution in [1.29, 1.82) is 0 Å². The van der Waals surface area contributed by atoms with E-state index in [9.17, 15) is 14.4 Å². The zero-order chi connectivity index (χ0) is 19.0. The Kier molecular flexibility index (Phi) is 4.45. The van der Waals surface area contributed by atoms with Crippen LogP contribution in [0.2, 0.25) is 5.02 Å². The minimum Gasteiger partial charge on any atom is -0.323 e. The van der Waals surface area contributed by atoms with Crippen LogP contribution in [0.25, 0.3) is 0 Å². The number of nitrogens with zero attached hydrogens (tertiary/aromatic N) is 2. The maximum Gasteiger partial charge on any atom is 0.321 e. The number of halogens is 1. The Hall–Kier alpha value is -3.06. The van der Waals surface area contributed by atoms with Gasteiger partial charge < -0.3 is 20.4 Å². The Morgan fingerprint density at radius 2 is 1.89 bits per heavy atom. The van der Waals surface area contributed by atoms with Gasteiger partial charge in [-0.25, -0.2) is 4.79 Å². The van der Waals surface area contributed by atoms with Gasteiger partial charge in [0.1, 0.15) is 6.04 Å². The quantitative estimate of drug-likeness (QED) is 0.793. The third kappa shape index (κ3) is 3.33. The summed E-state index contributed by atoms with van der Waals surface area (Å²) in [6.45, 7) is 0.746. The van der Waals surface area contributed by atoms with E-state index in [1.165, 1.54) is 4.90 Å². The molecule has 0 aromatic heterocycles. The van der Waals surface area contributed by atoms with Gasteiger partial charge >= 0.3 is 6.03 Å². The molecule has 0 aliphatic carbocycles. The number of hydrogen-bond donors (Lipinski definition) is 2. The van der Waals surface area contributed by atoms with E-state index in [-0.39, 0.29) is 30.9 Å². The molecule has 8 heteroatoms. The van der Waals surface area contributed by atoms with E-state index in [0.29, 0.717) is 28.5 Å². The van der Waals surface area contributed by atoms with Crippen LogP contribution in [0.4, 0.5) is 16.2 Å². The highest BCUT2D eigenvalue weighted by atomic mass is 35.5. The molecule has 2 aromatic carbocycles.